The summed E-state index contributed by atoms with van der Waals surface area (Å²) in [5.74, 6) is 0.759. The molecule has 1 heterocycles. The molecule has 0 amide bonds. The molecule has 1 aromatic rings. The van der Waals surface area contributed by atoms with Crippen LogP contribution in [0.15, 0.2) is 24.4 Å². The van der Waals surface area contributed by atoms with E-state index in [-0.39, 0.29) is 0 Å². The van der Waals surface area contributed by atoms with Crippen LogP contribution < -0.4 is 5.32 Å². The highest BCUT2D eigenvalue weighted by atomic mass is 14.9. The SMILES string of the molecule is CCNC(CCC(C)C)c1ccccn1. The molecule has 2 heteroatoms. The molecule has 0 fully saturated rings. The Balaban J connectivity index is 2.57. The van der Waals surface area contributed by atoms with Crippen LogP contribution in [0.2, 0.25) is 0 Å². The summed E-state index contributed by atoms with van der Waals surface area (Å²) in [6.45, 7) is 7.67. The van der Waals surface area contributed by atoms with Crippen LogP contribution in [0.1, 0.15) is 45.3 Å². The van der Waals surface area contributed by atoms with Gasteiger partial charge in [0.25, 0.3) is 0 Å². The summed E-state index contributed by atoms with van der Waals surface area (Å²) < 4.78 is 0. The van der Waals surface area contributed by atoms with E-state index in [1.54, 1.807) is 0 Å². The van der Waals surface area contributed by atoms with E-state index in [4.69, 9.17) is 0 Å². The first-order valence-electron chi connectivity index (χ1n) is 5.88. The lowest BCUT2D eigenvalue weighted by Gasteiger charge is -2.18. The summed E-state index contributed by atoms with van der Waals surface area (Å²) in [6.07, 6.45) is 4.28. The maximum atomic E-state index is 4.41. The Labute approximate surface area is 93.1 Å². The molecule has 0 aromatic carbocycles. The summed E-state index contributed by atoms with van der Waals surface area (Å²) in [7, 11) is 0. The Bertz CT molecular complexity index is 256. The molecule has 0 aliphatic heterocycles. The fraction of sp³-hybridized carbons (Fsp3) is 0.615. The normalized spacial score (nSPS) is 13.1. The number of aromatic nitrogens is 1. The minimum atomic E-state index is 0.415. The van der Waals surface area contributed by atoms with E-state index < -0.39 is 0 Å². The predicted molar refractivity (Wildman–Crippen MR) is 64.7 cm³/mol. The lowest BCUT2D eigenvalue weighted by Crippen LogP contribution is -2.22. The van der Waals surface area contributed by atoms with Gasteiger partial charge >= 0.3 is 0 Å². The second-order valence-corrected chi connectivity index (χ2v) is 4.34. The van der Waals surface area contributed by atoms with Crippen molar-refractivity contribution in [3.63, 3.8) is 0 Å². The van der Waals surface area contributed by atoms with Crippen LogP contribution in [0.4, 0.5) is 0 Å². The van der Waals surface area contributed by atoms with Crippen LogP contribution in [0.3, 0.4) is 0 Å². The molecule has 1 atom stereocenters. The first-order valence-corrected chi connectivity index (χ1v) is 5.88. The molecule has 0 aliphatic rings. The number of nitrogens with zero attached hydrogens (tertiary/aromatic N) is 1. The largest absolute Gasteiger partial charge is 0.309 e. The molecule has 0 aliphatic carbocycles. The molecule has 1 rings (SSSR count). The summed E-state index contributed by atoms with van der Waals surface area (Å²) >= 11 is 0. The number of hydrogen-bond donors (Lipinski definition) is 1. The highest BCUT2D eigenvalue weighted by Gasteiger charge is 2.11. The van der Waals surface area contributed by atoms with Gasteiger partial charge < -0.3 is 5.32 Å². The highest BCUT2D eigenvalue weighted by molar-refractivity contribution is 5.08. The number of rotatable bonds is 6. The van der Waals surface area contributed by atoms with Crippen LogP contribution in [0.5, 0.6) is 0 Å². The molecule has 0 saturated heterocycles. The van der Waals surface area contributed by atoms with Crippen molar-refractivity contribution in [3.8, 4) is 0 Å². The van der Waals surface area contributed by atoms with Crippen molar-refractivity contribution in [3.05, 3.63) is 30.1 Å². The van der Waals surface area contributed by atoms with Crippen LogP contribution in [0.25, 0.3) is 0 Å². The fourth-order valence-corrected chi connectivity index (χ4v) is 1.68. The standard InChI is InChI=1S/C13H22N2/c1-4-14-13(9-8-11(2)3)12-7-5-6-10-15-12/h5-7,10-11,13-14H,4,8-9H2,1-3H3. The van der Waals surface area contributed by atoms with Crippen LogP contribution >= 0.6 is 0 Å². The predicted octanol–water partition coefficient (Wildman–Crippen LogP) is 3.17. The van der Waals surface area contributed by atoms with Crippen molar-refractivity contribution in [2.45, 2.75) is 39.7 Å². The van der Waals surface area contributed by atoms with Gasteiger partial charge in [0.15, 0.2) is 0 Å². The van der Waals surface area contributed by atoms with Gasteiger partial charge in [-0.15, -0.1) is 0 Å². The minimum Gasteiger partial charge on any atom is -0.309 e. The third kappa shape index (κ3) is 4.43. The van der Waals surface area contributed by atoms with Gasteiger partial charge in [0.2, 0.25) is 0 Å². The van der Waals surface area contributed by atoms with Crippen molar-refractivity contribution in [1.82, 2.24) is 10.3 Å². The molecule has 0 bridgehead atoms. The Morgan fingerprint density at radius 1 is 1.27 bits per heavy atom. The van der Waals surface area contributed by atoms with E-state index in [1.165, 1.54) is 18.5 Å². The number of hydrogen-bond acceptors (Lipinski definition) is 2. The Morgan fingerprint density at radius 3 is 2.60 bits per heavy atom. The second-order valence-electron chi connectivity index (χ2n) is 4.34. The zero-order valence-electron chi connectivity index (χ0n) is 10.0. The van der Waals surface area contributed by atoms with E-state index in [9.17, 15) is 0 Å². The van der Waals surface area contributed by atoms with E-state index >= 15 is 0 Å². The van der Waals surface area contributed by atoms with Gasteiger partial charge in [-0.2, -0.15) is 0 Å². The molecule has 0 spiro atoms. The molecule has 2 nitrogen and oxygen atoms in total. The summed E-state index contributed by atoms with van der Waals surface area (Å²) in [5, 5.41) is 3.49. The fourth-order valence-electron chi connectivity index (χ4n) is 1.68. The monoisotopic (exact) mass is 206 g/mol. The zero-order chi connectivity index (χ0) is 11.1. The van der Waals surface area contributed by atoms with Gasteiger partial charge in [-0.05, 0) is 37.4 Å². The maximum Gasteiger partial charge on any atom is 0.0573 e. The van der Waals surface area contributed by atoms with Gasteiger partial charge in [-0.25, -0.2) is 0 Å². The van der Waals surface area contributed by atoms with E-state index in [2.05, 4.69) is 43.2 Å². The van der Waals surface area contributed by atoms with Crippen LogP contribution in [-0.2, 0) is 0 Å². The van der Waals surface area contributed by atoms with E-state index in [1.807, 2.05) is 12.3 Å². The first kappa shape index (κ1) is 12.2. The van der Waals surface area contributed by atoms with Crippen molar-refractivity contribution in [2.24, 2.45) is 5.92 Å². The molecule has 0 radical (unpaired) electrons. The van der Waals surface area contributed by atoms with Crippen LogP contribution in [0, 0.1) is 5.92 Å². The van der Waals surface area contributed by atoms with Crippen molar-refractivity contribution >= 4 is 0 Å². The highest BCUT2D eigenvalue weighted by Crippen LogP contribution is 2.18. The third-order valence-electron chi connectivity index (χ3n) is 2.53. The average molecular weight is 206 g/mol. The molecular weight excluding hydrogens is 184 g/mol. The minimum absolute atomic E-state index is 0.415. The smallest absolute Gasteiger partial charge is 0.0573 e. The van der Waals surface area contributed by atoms with Gasteiger partial charge in [-0.1, -0.05) is 26.8 Å². The molecular formula is C13H22N2. The summed E-state index contributed by atoms with van der Waals surface area (Å²) in [5.41, 5.74) is 1.17. The van der Waals surface area contributed by atoms with Gasteiger partial charge in [0.05, 0.1) is 5.69 Å². The van der Waals surface area contributed by atoms with Gasteiger partial charge in [0, 0.05) is 12.2 Å². The maximum absolute atomic E-state index is 4.41. The van der Waals surface area contributed by atoms with Gasteiger partial charge in [-0.3, -0.25) is 4.98 Å². The third-order valence-corrected chi connectivity index (χ3v) is 2.53. The van der Waals surface area contributed by atoms with Crippen molar-refractivity contribution in [2.75, 3.05) is 6.54 Å². The summed E-state index contributed by atoms with van der Waals surface area (Å²) in [4.78, 5) is 4.41. The van der Waals surface area contributed by atoms with Crippen LogP contribution in [-0.4, -0.2) is 11.5 Å². The van der Waals surface area contributed by atoms with Crippen molar-refractivity contribution < 1.29 is 0 Å². The first-order chi connectivity index (χ1) is 7.24. The summed E-state index contributed by atoms with van der Waals surface area (Å²) in [6, 6.07) is 6.54. The van der Waals surface area contributed by atoms with Gasteiger partial charge in [0.1, 0.15) is 0 Å². The van der Waals surface area contributed by atoms with E-state index in [0.29, 0.717) is 6.04 Å². The lowest BCUT2D eigenvalue weighted by atomic mass is 10.0. The molecule has 1 unspecified atom stereocenters. The Kier molecular flexibility index (Phi) is 5.33. The zero-order valence-corrected chi connectivity index (χ0v) is 10.0. The van der Waals surface area contributed by atoms with E-state index in [0.717, 1.165) is 12.5 Å². The quantitative estimate of drug-likeness (QED) is 0.773. The molecule has 1 aromatic heterocycles. The number of nitrogens with one attached hydrogen (secondary N) is 1. The number of pyridine rings is 1. The topological polar surface area (TPSA) is 24.9 Å². The molecule has 84 valence electrons. The lowest BCUT2D eigenvalue weighted by molar-refractivity contribution is 0.441. The average Bonchev–Trinajstić information content (AvgIpc) is 2.25. The Morgan fingerprint density at radius 2 is 2.07 bits per heavy atom. The second kappa shape index (κ2) is 6.57. The Hall–Kier alpha value is -0.890. The van der Waals surface area contributed by atoms with Crippen molar-refractivity contribution in [1.29, 1.82) is 0 Å². The molecule has 1 N–H and O–H groups in total. The molecule has 0 saturated carbocycles. The molecule has 15 heavy (non-hydrogen) atoms.